The predicted molar refractivity (Wildman–Crippen MR) is 94.5 cm³/mol. The summed E-state index contributed by atoms with van der Waals surface area (Å²) in [6.07, 6.45) is 2.38. The molecule has 1 aromatic heterocycles. The molecule has 24 heavy (non-hydrogen) atoms. The Morgan fingerprint density at radius 2 is 2.04 bits per heavy atom. The van der Waals surface area contributed by atoms with E-state index in [-0.39, 0.29) is 0 Å². The van der Waals surface area contributed by atoms with Gasteiger partial charge in [-0.3, -0.25) is 0 Å². The third-order valence-corrected chi connectivity index (χ3v) is 3.63. The van der Waals surface area contributed by atoms with E-state index in [0.29, 0.717) is 23.8 Å². The largest absolute Gasteiger partial charge is 0.490 e. The van der Waals surface area contributed by atoms with Crippen LogP contribution in [0.3, 0.4) is 0 Å². The Morgan fingerprint density at radius 1 is 1.29 bits per heavy atom. The van der Waals surface area contributed by atoms with Crippen LogP contribution in [0.5, 0.6) is 5.75 Å². The first-order chi connectivity index (χ1) is 11.3. The van der Waals surface area contributed by atoms with Crippen molar-refractivity contribution in [2.24, 2.45) is 11.7 Å². The number of aryl methyl sites for hydroxylation is 1. The number of benzene rings is 1. The molecular weight excluding hydrogens is 300 g/mol. The molecule has 0 amide bonds. The minimum absolute atomic E-state index is 0.367. The lowest BCUT2D eigenvalue weighted by atomic mass is 9.93. The molecule has 0 aliphatic carbocycles. The number of nitriles is 1. The lowest BCUT2D eigenvalue weighted by Crippen LogP contribution is -2.43. The van der Waals surface area contributed by atoms with Crippen LogP contribution in [0.1, 0.15) is 38.4 Å². The summed E-state index contributed by atoms with van der Waals surface area (Å²) in [7, 11) is 0. The molecule has 1 heterocycles. The van der Waals surface area contributed by atoms with Crippen LogP contribution in [0.2, 0.25) is 0 Å². The maximum atomic E-state index is 9.43. The van der Waals surface area contributed by atoms with Gasteiger partial charge in [-0.15, -0.1) is 0 Å². The Labute approximate surface area is 143 Å². The van der Waals surface area contributed by atoms with Crippen molar-refractivity contribution in [2.75, 3.05) is 6.61 Å². The second-order valence-electron chi connectivity index (χ2n) is 6.91. The molecule has 0 aliphatic heterocycles. The summed E-state index contributed by atoms with van der Waals surface area (Å²) in [5, 5.41) is 9.43. The number of aromatic nitrogens is 2. The smallest absolute Gasteiger partial charge is 0.137 e. The molecule has 0 spiro atoms. The maximum Gasteiger partial charge on any atom is 0.137 e. The fourth-order valence-corrected chi connectivity index (χ4v) is 2.75. The van der Waals surface area contributed by atoms with Gasteiger partial charge in [0.25, 0.3) is 0 Å². The molecule has 5 nitrogen and oxygen atoms in total. The maximum absolute atomic E-state index is 9.43. The first-order valence-electron chi connectivity index (χ1n) is 8.05. The highest BCUT2D eigenvalue weighted by Gasteiger charge is 2.21. The lowest BCUT2D eigenvalue weighted by molar-refractivity contribution is 0.206. The monoisotopic (exact) mass is 324 g/mol. The number of ether oxygens (including phenoxy) is 1. The SMILES string of the molecule is Cc1cc(-c2ccc(OC[C@@](C)(N)CC(C)C)c(C#N)c2)ncn1. The van der Waals surface area contributed by atoms with Gasteiger partial charge in [0.05, 0.1) is 11.3 Å². The summed E-state index contributed by atoms with van der Waals surface area (Å²) in [6, 6.07) is 9.56. The van der Waals surface area contributed by atoms with Crippen LogP contribution in [-0.2, 0) is 0 Å². The Morgan fingerprint density at radius 3 is 2.67 bits per heavy atom. The van der Waals surface area contributed by atoms with E-state index in [4.69, 9.17) is 10.5 Å². The summed E-state index contributed by atoms with van der Waals surface area (Å²) < 4.78 is 5.83. The third-order valence-electron chi connectivity index (χ3n) is 3.63. The van der Waals surface area contributed by atoms with Crippen molar-refractivity contribution in [1.29, 1.82) is 5.26 Å². The minimum Gasteiger partial charge on any atom is -0.490 e. The van der Waals surface area contributed by atoms with Crippen molar-refractivity contribution < 1.29 is 4.74 Å². The van der Waals surface area contributed by atoms with Gasteiger partial charge < -0.3 is 10.5 Å². The van der Waals surface area contributed by atoms with E-state index in [1.54, 1.807) is 12.1 Å². The van der Waals surface area contributed by atoms with E-state index < -0.39 is 5.54 Å². The normalized spacial score (nSPS) is 13.4. The average Bonchev–Trinajstić information content (AvgIpc) is 2.51. The molecule has 5 heteroatoms. The van der Waals surface area contributed by atoms with Crippen molar-refractivity contribution in [3.05, 3.63) is 41.9 Å². The minimum atomic E-state index is -0.427. The Hall–Kier alpha value is -2.45. The lowest BCUT2D eigenvalue weighted by Gasteiger charge is -2.26. The molecular formula is C19H24N4O. The number of hydrogen-bond acceptors (Lipinski definition) is 5. The van der Waals surface area contributed by atoms with Gasteiger partial charge in [0, 0.05) is 16.8 Å². The number of nitrogens with zero attached hydrogens (tertiary/aromatic N) is 3. The van der Waals surface area contributed by atoms with Gasteiger partial charge in [-0.05, 0) is 50.5 Å². The van der Waals surface area contributed by atoms with Crippen molar-refractivity contribution in [3.63, 3.8) is 0 Å². The molecule has 0 saturated carbocycles. The molecule has 2 aromatic rings. The van der Waals surface area contributed by atoms with Crippen molar-refractivity contribution in [3.8, 4) is 23.1 Å². The summed E-state index contributed by atoms with van der Waals surface area (Å²) in [5.74, 6) is 1.04. The van der Waals surface area contributed by atoms with Crippen LogP contribution in [0.4, 0.5) is 0 Å². The zero-order valence-electron chi connectivity index (χ0n) is 14.7. The molecule has 2 N–H and O–H groups in total. The predicted octanol–water partition coefficient (Wildman–Crippen LogP) is 3.47. The Bertz CT molecular complexity index is 747. The molecule has 126 valence electrons. The molecule has 0 saturated heterocycles. The fourth-order valence-electron chi connectivity index (χ4n) is 2.75. The van der Waals surface area contributed by atoms with Crippen LogP contribution in [0.25, 0.3) is 11.3 Å². The van der Waals surface area contributed by atoms with Gasteiger partial charge in [-0.1, -0.05) is 13.8 Å². The molecule has 1 atom stereocenters. The molecule has 0 fully saturated rings. The van der Waals surface area contributed by atoms with Crippen molar-refractivity contribution in [1.82, 2.24) is 9.97 Å². The van der Waals surface area contributed by atoms with Gasteiger partial charge in [0.1, 0.15) is 24.8 Å². The summed E-state index contributed by atoms with van der Waals surface area (Å²) in [5.41, 5.74) is 8.85. The second kappa shape index (κ2) is 7.41. The van der Waals surface area contributed by atoms with Gasteiger partial charge in [-0.25, -0.2) is 9.97 Å². The van der Waals surface area contributed by atoms with Crippen molar-refractivity contribution in [2.45, 2.75) is 39.7 Å². The van der Waals surface area contributed by atoms with Crippen LogP contribution in [-0.4, -0.2) is 22.1 Å². The third kappa shape index (κ3) is 4.77. The van der Waals surface area contributed by atoms with Gasteiger partial charge in [-0.2, -0.15) is 5.26 Å². The fraction of sp³-hybridized carbons (Fsp3) is 0.421. The Balaban J connectivity index is 2.20. The first kappa shape index (κ1) is 17.9. The van der Waals surface area contributed by atoms with E-state index in [2.05, 4.69) is 29.9 Å². The van der Waals surface area contributed by atoms with E-state index >= 15 is 0 Å². The van der Waals surface area contributed by atoms with E-state index in [1.807, 2.05) is 26.0 Å². The molecule has 0 bridgehead atoms. The molecule has 0 aliphatic rings. The van der Waals surface area contributed by atoms with E-state index in [1.165, 1.54) is 6.33 Å². The Kier molecular flexibility index (Phi) is 5.53. The number of hydrogen-bond donors (Lipinski definition) is 1. The van der Waals surface area contributed by atoms with E-state index in [9.17, 15) is 5.26 Å². The van der Waals surface area contributed by atoms with Gasteiger partial charge >= 0.3 is 0 Å². The summed E-state index contributed by atoms with van der Waals surface area (Å²) in [4.78, 5) is 8.34. The summed E-state index contributed by atoms with van der Waals surface area (Å²) in [6.45, 7) is 8.50. The zero-order valence-corrected chi connectivity index (χ0v) is 14.7. The van der Waals surface area contributed by atoms with Crippen LogP contribution < -0.4 is 10.5 Å². The van der Waals surface area contributed by atoms with Gasteiger partial charge in [0.15, 0.2) is 0 Å². The molecule has 1 aromatic carbocycles. The standard InChI is InChI=1S/C19H24N4O/c1-13(2)9-19(4,21)11-24-18-6-5-15(8-16(18)10-20)17-7-14(3)22-12-23-17/h5-8,12-13H,9,11,21H2,1-4H3/t19-/m0/s1. The average molecular weight is 324 g/mol. The number of nitrogens with two attached hydrogens (primary N) is 1. The molecule has 0 radical (unpaired) electrons. The van der Waals surface area contributed by atoms with Crippen molar-refractivity contribution >= 4 is 0 Å². The second-order valence-corrected chi connectivity index (χ2v) is 6.91. The first-order valence-corrected chi connectivity index (χ1v) is 8.05. The summed E-state index contributed by atoms with van der Waals surface area (Å²) >= 11 is 0. The highest BCUT2D eigenvalue weighted by atomic mass is 16.5. The zero-order chi connectivity index (χ0) is 17.7. The molecule has 0 unspecified atom stereocenters. The highest BCUT2D eigenvalue weighted by Crippen LogP contribution is 2.26. The highest BCUT2D eigenvalue weighted by molar-refractivity contribution is 5.64. The molecule has 2 rings (SSSR count). The van der Waals surface area contributed by atoms with Crippen LogP contribution >= 0.6 is 0 Å². The van der Waals surface area contributed by atoms with Crippen LogP contribution in [0, 0.1) is 24.2 Å². The van der Waals surface area contributed by atoms with E-state index in [0.717, 1.165) is 23.4 Å². The number of rotatable bonds is 6. The van der Waals surface area contributed by atoms with Crippen LogP contribution in [0.15, 0.2) is 30.6 Å². The van der Waals surface area contributed by atoms with Gasteiger partial charge in [0.2, 0.25) is 0 Å². The quantitative estimate of drug-likeness (QED) is 0.879. The topological polar surface area (TPSA) is 84.8 Å².